The number of anilines is 1. The van der Waals surface area contributed by atoms with Gasteiger partial charge in [0.15, 0.2) is 0 Å². The molecule has 0 unspecified atom stereocenters. The normalized spacial score (nSPS) is 11.5. The number of carbonyl (C=O) groups excluding carboxylic acids is 1. The largest absolute Gasteiger partial charge is 0.345 e. The topological polar surface area (TPSA) is 80.2 Å². The molecule has 0 saturated carbocycles. The van der Waals surface area contributed by atoms with Crippen LogP contribution in [0.15, 0.2) is 35.4 Å². The van der Waals surface area contributed by atoms with Gasteiger partial charge >= 0.3 is 0 Å². The number of hydrogen-bond acceptors (Lipinski definition) is 3. The van der Waals surface area contributed by atoms with Crippen molar-refractivity contribution < 1.29 is 17.6 Å². The number of hydrogen-bond donors (Lipinski definition) is 2. The summed E-state index contributed by atoms with van der Waals surface area (Å²) in [5, 5.41) is 2.42. The molecule has 0 saturated heterocycles. The molecule has 9 heteroatoms. The van der Waals surface area contributed by atoms with E-state index in [1.54, 1.807) is 14.0 Å². The van der Waals surface area contributed by atoms with Crippen LogP contribution in [-0.4, -0.2) is 25.4 Å². The minimum absolute atomic E-state index is 0.0101. The fourth-order valence-corrected chi connectivity index (χ4v) is 3.24. The highest BCUT2D eigenvalue weighted by Gasteiger charge is 2.20. The Bertz CT molecular complexity index is 849. The van der Waals surface area contributed by atoms with Gasteiger partial charge in [-0.1, -0.05) is 18.5 Å². The van der Waals surface area contributed by atoms with E-state index in [0.29, 0.717) is 5.69 Å². The van der Waals surface area contributed by atoms with Crippen LogP contribution in [0.25, 0.3) is 0 Å². The Morgan fingerprint density at radius 2 is 2.04 bits per heavy atom. The van der Waals surface area contributed by atoms with Gasteiger partial charge in [-0.3, -0.25) is 4.79 Å². The van der Waals surface area contributed by atoms with Crippen molar-refractivity contribution in [3.05, 3.63) is 47.0 Å². The summed E-state index contributed by atoms with van der Waals surface area (Å²) in [5.41, 5.74) is 0.445. The highest BCUT2D eigenvalue weighted by molar-refractivity contribution is 7.89. The molecule has 6 nitrogen and oxygen atoms in total. The molecule has 0 radical (unpaired) electrons. The summed E-state index contributed by atoms with van der Waals surface area (Å²) in [6, 6.07) is 5.02. The summed E-state index contributed by atoms with van der Waals surface area (Å²) in [7, 11) is -2.10. The van der Waals surface area contributed by atoms with Gasteiger partial charge in [0.25, 0.3) is 5.91 Å². The molecule has 0 spiro atoms. The molecular formula is C14H15ClFN3O3S. The van der Waals surface area contributed by atoms with Crippen LogP contribution in [0.1, 0.15) is 17.4 Å². The van der Waals surface area contributed by atoms with Gasteiger partial charge in [-0.05, 0) is 24.3 Å². The Labute approximate surface area is 138 Å². The number of benzene rings is 1. The van der Waals surface area contributed by atoms with Crippen LogP contribution < -0.4 is 10.0 Å². The zero-order chi connectivity index (χ0) is 17.2. The molecule has 0 aliphatic heterocycles. The maximum atomic E-state index is 13.1. The standard InChI is InChI=1S/C14H15ClFN3O3S/c1-3-17-23(21,22)10-7-13(19(2)8-10)14(20)18-9-4-5-12(16)11(15)6-9/h4-8,17H,3H2,1-2H3,(H,18,20). The molecule has 2 rings (SSSR count). The molecule has 1 aromatic heterocycles. The Kier molecular flexibility index (Phi) is 5.08. The van der Waals surface area contributed by atoms with E-state index in [4.69, 9.17) is 11.6 Å². The zero-order valence-corrected chi connectivity index (χ0v) is 14.0. The molecule has 124 valence electrons. The average molecular weight is 360 g/mol. The van der Waals surface area contributed by atoms with Crippen molar-refractivity contribution in [2.75, 3.05) is 11.9 Å². The second-order valence-corrected chi connectivity index (χ2v) is 6.93. The molecular weight excluding hydrogens is 345 g/mol. The minimum Gasteiger partial charge on any atom is -0.345 e. The molecule has 0 aliphatic carbocycles. The van der Waals surface area contributed by atoms with Gasteiger partial charge in [0.2, 0.25) is 10.0 Å². The number of rotatable bonds is 5. The highest BCUT2D eigenvalue weighted by Crippen LogP contribution is 2.20. The minimum atomic E-state index is -3.65. The van der Waals surface area contributed by atoms with E-state index >= 15 is 0 Å². The van der Waals surface area contributed by atoms with Crippen molar-refractivity contribution in [3.8, 4) is 0 Å². The lowest BCUT2D eigenvalue weighted by Crippen LogP contribution is -2.22. The first kappa shape index (κ1) is 17.5. The van der Waals surface area contributed by atoms with E-state index < -0.39 is 21.7 Å². The average Bonchev–Trinajstić information content (AvgIpc) is 2.86. The number of aromatic nitrogens is 1. The van der Waals surface area contributed by atoms with Crippen LogP contribution in [0.5, 0.6) is 0 Å². The lowest BCUT2D eigenvalue weighted by Gasteiger charge is -2.06. The van der Waals surface area contributed by atoms with Crippen LogP contribution in [-0.2, 0) is 17.1 Å². The van der Waals surface area contributed by atoms with Gasteiger partial charge in [0.1, 0.15) is 16.4 Å². The highest BCUT2D eigenvalue weighted by atomic mass is 35.5. The Morgan fingerprint density at radius 3 is 2.65 bits per heavy atom. The second-order valence-electron chi connectivity index (χ2n) is 4.76. The molecule has 0 atom stereocenters. The third kappa shape index (κ3) is 3.90. The predicted octanol–water partition coefficient (Wildman–Crippen LogP) is 2.37. The van der Waals surface area contributed by atoms with Crippen LogP contribution in [0, 0.1) is 5.82 Å². The van der Waals surface area contributed by atoms with Gasteiger partial charge in [0, 0.05) is 25.5 Å². The lowest BCUT2D eigenvalue weighted by molar-refractivity contribution is 0.101. The Hall–Kier alpha value is -1.90. The van der Waals surface area contributed by atoms with Crippen LogP contribution in [0.2, 0.25) is 5.02 Å². The van der Waals surface area contributed by atoms with E-state index in [-0.39, 0.29) is 22.2 Å². The number of nitrogens with one attached hydrogen (secondary N) is 2. The van der Waals surface area contributed by atoms with Crippen LogP contribution in [0.4, 0.5) is 10.1 Å². The third-order valence-corrected chi connectivity index (χ3v) is 4.84. The number of sulfonamides is 1. The number of aryl methyl sites for hydroxylation is 1. The molecule has 1 aromatic carbocycles. The predicted molar refractivity (Wildman–Crippen MR) is 85.6 cm³/mol. The quantitative estimate of drug-likeness (QED) is 0.860. The van der Waals surface area contributed by atoms with Crippen LogP contribution >= 0.6 is 11.6 Å². The van der Waals surface area contributed by atoms with Gasteiger partial charge in [0.05, 0.1) is 5.02 Å². The Balaban J connectivity index is 2.26. The first-order valence-corrected chi connectivity index (χ1v) is 8.53. The summed E-state index contributed by atoms with van der Waals surface area (Å²) in [6.45, 7) is 1.90. The lowest BCUT2D eigenvalue weighted by atomic mass is 10.3. The molecule has 2 aromatic rings. The third-order valence-electron chi connectivity index (χ3n) is 3.03. The summed E-state index contributed by atoms with van der Waals surface area (Å²) < 4.78 is 40.7. The number of nitrogens with zero attached hydrogens (tertiary/aromatic N) is 1. The zero-order valence-electron chi connectivity index (χ0n) is 12.4. The number of amides is 1. The van der Waals surface area contributed by atoms with Gasteiger partial charge < -0.3 is 9.88 Å². The molecule has 1 amide bonds. The Morgan fingerprint density at radius 1 is 1.35 bits per heavy atom. The monoisotopic (exact) mass is 359 g/mol. The summed E-state index contributed by atoms with van der Waals surface area (Å²) in [4.78, 5) is 12.2. The van der Waals surface area contributed by atoms with Gasteiger partial charge in [-0.15, -0.1) is 0 Å². The van der Waals surface area contributed by atoms with Crippen LogP contribution in [0.3, 0.4) is 0 Å². The first-order chi connectivity index (χ1) is 10.7. The molecule has 0 aliphatic rings. The molecule has 1 heterocycles. The smallest absolute Gasteiger partial charge is 0.272 e. The maximum Gasteiger partial charge on any atom is 0.272 e. The van der Waals surface area contributed by atoms with Crippen molar-refractivity contribution in [1.82, 2.24) is 9.29 Å². The van der Waals surface area contributed by atoms with Crippen molar-refractivity contribution >= 4 is 33.2 Å². The fraction of sp³-hybridized carbons (Fsp3) is 0.214. The molecule has 0 bridgehead atoms. The van der Waals surface area contributed by atoms with E-state index in [2.05, 4.69) is 10.0 Å². The van der Waals surface area contributed by atoms with Crippen molar-refractivity contribution in [2.24, 2.45) is 7.05 Å². The van der Waals surface area contributed by atoms with E-state index in [1.807, 2.05) is 0 Å². The molecule has 2 N–H and O–H groups in total. The molecule has 23 heavy (non-hydrogen) atoms. The maximum absolute atomic E-state index is 13.1. The van der Waals surface area contributed by atoms with E-state index in [1.165, 1.54) is 29.0 Å². The molecule has 0 fully saturated rings. The van der Waals surface area contributed by atoms with Crippen molar-refractivity contribution in [2.45, 2.75) is 11.8 Å². The second kappa shape index (κ2) is 6.69. The van der Waals surface area contributed by atoms with E-state index in [9.17, 15) is 17.6 Å². The first-order valence-electron chi connectivity index (χ1n) is 6.67. The summed E-state index contributed by atoms with van der Waals surface area (Å²) in [6.07, 6.45) is 1.34. The van der Waals surface area contributed by atoms with Crippen molar-refractivity contribution in [3.63, 3.8) is 0 Å². The van der Waals surface area contributed by atoms with E-state index in [0.717, 1.165) is 6.07 Å². The van der Waals surface area contributed by atoms with Gasteiger partial charge in [-0.2, -0.15) is 0 Å². The fourth-order valence-electron chi connectivity index (χ4n) is 1.95. The summed E-state index contributed by atoms with van der Waals surface area (Å²) >= 11 is 5.65. The van der Waals surface area contributed by atoms with Crippen molar-refractivity contribution in [1.29, 1.82) is 0 Å². The number of carbonyl (C=O) groups is 1. The summed E-state index contributed by atoms with van der Waals surface area (Å²) in [5.74, 6) is -1.13. The SMILES string of the molecule is CCNS(=O)(=O)c1cc(C(=O)Nc2ccc(F)c(Cl)c2)n(C)c1. The number of halogens is 2. The van der Waals surface area contributed by atoms with Gasteiger partial charge in [-0.25, -0.2) is 17.5 Å².